The van der Waals surface area contributed by atoms with E-state index in [0.717, 1.165) is 43.5 Å². The lowest BCUT2D eigenvalue weighted by molar-refractivity contribution is 0.661. The summed E-state index contributed by atoms with van der Waals surface area (Å²) >= 11 is 6.15. The van der Waals surface area contributed by atoms with Crippen molar-refractivity contribution in [1.29, 1.82) is 0 Å². The first-order valence-electron chi connectivity index (χ1n) is 7.58. The molecule has 5 heteroatoms. The number of aryl methyl sites for hydroxylation is 1. The number of hydrogen-bond donors (Lipinski definition) is 2. The standard InChI is InChI=1S/C17H23ClN4/c1-19-17(21-11-14-22-12-4-5-13-22)20-10-6-8-15-7-2-3-9-16(15)18/h2-5,7,9,12-13H,6,8,10-11,14H2,1H3,(H2,19,20,21). The molecule has 0 radical (unpaired) electrons. The maximum Gasteiger partial charge on any atom is 0.191 e. The quantitative estimate of drug-likeness (QED) is 0.468. The Morgan fingerprint density at radius 3 is 2.55 bits per heavy atom. The average molecular weight is 319 g/mol. The van der Waals surface area contributed by atoms with Gasteiger partial charge in [0, 0.05) is 44.1 Å². The van der Waals surface area contributed by atoms with Gasteiger partial charge in [0.1, 0.15) is 0 Å². The van der Waals surface area contributed by atoms with Crippen molar-refractivity contribution >= 4 is 17.6 Å². The number of hydrogen-bond acceptors (Lipinski definition) is 1. The molecule has 2 rings (SSSR count). The molecular weight excluding hydrogens is 296 g/mol. The van der Waals surface area contributed by atoms with E-state index in [0.29, 0.717) is 0 Å². The summed E-state index contributed by atoms with van der Waals surface area (Å²) < 4.78 is 2.14. The van der Waals surface area contributed by atoms with Gasteiger partial charge in [-0.25, -0.2) is 0 Å². The molecule has 0 spiro atoms. The van der Waals surface area contributed by atoms with E-state index < -0.39 is 0 Å². The van der Waals surface area contributed by atoms with Gasteiger partial charge >= 0.3 is 0 Å². The molecule has 22 heavy (non-hydrogen) atoms. The van der Waals surface area contributed by atoms with Crippen LogP contribution in [0.3, 0.4) is 0 Å². The smallest absolute Gasteiger partial charge is 0.191 e. The minimum Gasteiger partial charge on any atom is -0.356 e. The SMILES string of the molecule is CN=C(NCCCc1ccccc1Cl)NCCn1cccc1. The topological polar surface area (TPSA) is 41.4 Å². The molecule has 2 N–H and O–H groups in total. The van der Waals surface area contributed by atoms with Crippen LogP contribution in [-0.2, 0) is 13.0 Å². The van der Waals surface area contributed by atoms with Crippen molar-refractivity contribution < 1.29 is 0 Å². The molecule has 0 saturated heterocycles. The maximum atomic E-state index is 6.15. The fraction of sp³-hybridized carbons (Fsp3) is 0.353. The summed E-state index contributed by atoms with van der Waals surface area (Å²) in [4.78, 5) is 4.23. The van der Waals surface area contributed by atoms with Crippen LogP contribution < -0.4 is 10.6 Å². The first kappa shape index (κ1) is 16.4. The lowest BCUT2D eigenvalue weighted by atomic mass is 10.1. The third-order valence-corrected chi connectivity index (χ3v) is 3.79. The van der Waals surface area contributed by atoms with Crippen molar-refractivity contribution in [2.24, 2.45) is 4.99 Å². The van der Waals surface area contributed by atoms with Gasteiger partial charge in [0.05, 0.1) is 0 Å². The van der Waals surface area contributed by atoms with Gasteiger partial charge in [-0.15, -0.1) is 0 Å². The molecule has 0 atom stereocenters. The number of aromatic nitrogens is 1. The van der Waals surface area contributed by atoms with Crippen LogP contribution >= 0.6 is 11.6 Å². The van der Waals surface area contributed by atoms with Gasteiger partial charge in [0.25, 0.3) is 0 Å². The second kappa shape index (κ2) is 9.15. The van der Waals surface area contributed by atoms with E-state index >= 15 is 0 Å². The molecule has 0 bridgehead atoms. The minimum absolute atomic E-state index is 0.839. The zero-order valence-electron chi connectivity index (χ0n) is 12.9. The van der Waals surface area contributed by atoms with E-state index in [1.165, 1.54) is 5.56 Å². The molecule has 0 amide bonds. The molecule has 1 heterocycles. The summed E-state index contributed by atoms with van der Waals surface area (Å²) in [7, 11) is 1.79. The van der Waals surface area contributed by atoms with Crippen molar-refractivity contribution in [2.45, 2.75) is 19.4 Å². The summed E-state index contributed by atoms with van der Waals surface area (Å²) in [5.74, 6) is 0.839. The molecule has 1 aromatic carbocycles. The molecule has 1 aromatic heterocycles. The van der Waals surface area contributed by atoms with Crippen LogP contribution in [0.5, 0.6) is 0 Å². The molecule has 2 aromatic rings. The highest BCUT2D eigenvalue weighted by atomic mass is 35.5. The van der Waals surface area contributed by atoms with E-state index in [4.69, 9.17) is 11.6 Å². The van der Waals surface area contributed by atoms with Crippen LogP contribution in [-0.4, -0.2) is 30.7 Å². The minimum atomic E-state index is 0.839. The van der Waals surface area contributed by atoms with Gasteiger partial charge in [-0.05, 0) is 36.6 Å². The lowest BCUT2D eigenvalue weighted by Crippen LogP contribution is -2.39. The van der Waals surface area contributed by atoms with Crippen molar-refractivity contribution in [3.05, 3.63) is 59.4 Å². The highest BCUT2D eigenvalue weighted by molar-refractivity contribution is 6.31. The van der Waals surface area contributed by atoms with Crippen LogP contribution in [0.1, 0.15) is 12.0 Å². The Morgan fingerprint density at radius 1 is 1.09 bits per heavy atom. The van der Waals surface area contributed by atoms with E-state index in [2.05, 4.69) is 38.7 Å². The number of nitrogens with one attached hydrogen (secondary N) is 2. The summed E-state index contributed by atoms with van der Waals surface area (Å²) in [6, 6.07) is 12.1. The fourth-order valence-corrected chi connectivity index (χ4v) is 2.46. The highest BCUT2D eigenvalue weighted by Gasteiger charge is 2.00. The van der Waals surface area contributed by atoms with Gasteiger partial charge in [-0.1, -0.05) is 29.8 Å². The van der Waals surface area contributed by atoms with E-state index in [9.17, 15) is 0 Å². The van der Waals surface area contributed by atoms with E-state index in [1.54, 1.807) is 7.05 Å². The van der Waals surface area contributed by atoms with E-state index in [-0.39, 0.29) is 0 Å². The third-order valence-electron chi connectivity index (χ3n) is 3.43. The second-order valence-corrected chi connectivity index (χ2v) is 5.45. The molecule has 0 aliphatic heterocycles. The molecule has 0 fully saturated rings. The third kappa shape index (κ3) is 5.45. The number of benzene rings is 1. The zero-order chi connectivity index (χ0) is 15.6. The van der Waals surface area contributed by atoms with Gasteiger partial charge in [-0.2, -0.15) is 0 Å². The van der Waals surface area contributed by atoms with Gasteiger partial charge in [-0.3, -0.25) is 4.99 Å². The molecule has 0 saturated carbocycles. The predicted octanol–water partition coefficient (Wildman–Crippen LogP) is 2.94. The normalized spacial score (nSPS) is 11.5. The van der Waals surface area contributed by atoms with Crippen molar-refractivity contribution in [3.8, 4) is 0 Å². The summed E-state index contributed by atoms with van der Waals surface area (Å²) in [6.07, 6.45) is 6.10. The number of aliphatic imine (C=N–C) groups is 1. The molecule has 4 nitrogen and oxygen atoms in total. The monoisotopic (exact) mass is 318 g/mol. The van der Waals surface area contributed by atoms with Crippen LogP contribution in [0, 0.1) is 0 Å². The van der Waals surface area contributed by atoms with Crippen LogP contribution in [0.25, 0.3) is 0 Å². The number of nitrogens with zero attached hydrogens (tertiary/aromatic N) is 2. The maximum absolute atomic E-state index is 6.15. The summed E-state index contributed by atoms with van der Waals surface area (Å²) in [5, 5.41) is 7.48. The van der Waals surface area contributed by atoms with Crippen LogP contribution in [0.15, 0.2) is 53.8 Å². The van der Waals surface area contributed by atoms with E-state index in [1.807, 2.05) is 30.3 Å². The van der Waals surface area contributed by atoms with Gasteiger partial charge in [0.15, 0.2) is 5.96 Å². The number of halogens is 1. The first-order chi connectivity index (χ1) is 10.8. The Labute approximate surface area is 137 Å². The summed E-state index contributed by atoms with van der Waals surface area (Å²) in [6.45, 7) is 2.64. The van der Waals surface area contributed by atoms with Gasteiger partial charge in [0.2, 0.25) is 0 Å². The predicted molar refractivity (Wildman–Crippen MR) is 93.6 cm³/mol. The van der Waals surface area contributed by atoms with Crippen molar-refractivity contribution in [1.82, 2.24) is 15.2 Å². The Balaban J connectivity index is 1.63. The Hall–Kier alpha value is -1.94. The van der Waals surface area contributed by atoms with Gasteiger partial charge < -0.3 is 15.2 Å². The molecule has 0 aliphatic carbocycles. The Morgan fingerprint density at radius 2 is 1.82 bits per heavy atom. The molecule has 0 unspecified atom stereocenters. The van der Waals surface area contributed by atoms with Crippen LogP contribution in [0.4, 0.5) is 0 Å². The molecule has 118 valence electrons. The van der Waals surface area contributed by atoms with Crippen molar-refractivity contribution in [2.75, 3.05) is 20.1 Å². The Bertz CT molecular complexity index is 578. The number of guanidine groups is 1. The zero-order valence-corrected chi connectivity index (χ0v) is 13.7. The number of rotatable bonds is 7. The second-order valence-electron chi connectivity index (χ2n) is 5.04. The molecular formula is C17H23ClN4. The summed E-state index contributed by atoms with van der Waals surface area (Å²) in [5.41, 5.74) is 1.20. The highest BCUT2D eigenvalue weighted by Crippen LogP contribution is 2.16. The fourth-order valence-electron chi connectivity index (χ4n) is 2.23. The average Bonchev–Trinajstić information content (AvgIpc) is 3.04. The lowest BCUT2D eigenvalue weighted by Gasteiger charge is -2.12. The first-order valence-corrected chi connectivity index (χ1v) is 7.96. The van der Waals surface area contributed by atoms with Crippen LogP contribution in [0.2, 0.25) is 5.02 Å². The Kier molecular flexibility index (Phi) is 6.84. The largest absolute Gasteiger partial charge is 0.356 e. The molecule has 0 aliphatic rings. The van der Waals surface area contributed by atoms with Crippen molar-refractivity contribution in [3.63, 3.8) is 0 Å².